The maximum absolute atomic E-state index is 9.23. The zero-order valence-electron chi connectivity index (χ0n) is 11.1. The van der Waals surface area contributed by atoms with Crippen LogP contribution in [0.2, 0.25) is 0 Å². The van der Waals surface area contributed by atoms with Crippen LogP contribution in [0.1, 0.15) is 24.8 Å². The molecule has 5 nitrogen and oxygen atoms in total. The van der Waals surface area contributed by atoms with Gasteiger partial charge in [0.05, 0.1) is 16.9 Å². The lowest BCUT2D eigenvalue weighted by Crippen LogP contribution is -2.32. The van der Waals surface area contributed by atoms with Gasteiger partial charge in [0.15, 0.2) is 0 Å². The van der Waals surface area contributed by atoms with Gasteiger partial charge in [0.25, 0.3) is 0 Å². The highest BCUT2D eigenvalue weighted by atomic mass is 16.5. The highest BCUT2D eigenvalue weighted by Gasteiger charge is 2.42. The highest BCUT2D eigenvalue weighted by Crippen LogP contribution is 2.38. The summed E-state index contributed by atoms with van der Waals surface area (Å²) in [5, 5.41) is 12.3. The quantitative estimate of drug-likeness (QED) is 0.875. The average Bonchev–Trinajstić information content (AvgIpc) is 3.09. The second-order valence-electron chi connectivity index (χ2n) is 5.26. The number of hydrogen-bond donors (Lipinski definition) is 1. The molecule has 3 heterocycles. The van der Waals surface area contributed by atoms with Gasteiger partial charge in [-0.2, -0.15) is 5.26 Å². The third-order valence-corrected chi connectivity index (χ3v) is 4.10. The normalized spacial score (nSPS) is 25.8. The Labute approximate surface area is 113 Å². The van der Waals surface area contributed by atoms with Crippen molar-refractivity contribution in [2.75, 3.05) is 37.0 Å². The van der Waals surface area contributed by atoms with E-state index < -0.39 is 0 Å². The molecule has 1 atom stereocenters. The van der Waals surface area contributed by atoms with Crippen molar-refractivity contribution < 1.29 is 4.74 Å². The van der Waals surface area contributed by atoms with Gasteiger partial charge in [-0.05, 0) is 19.3 Å². The molecule has 2 fully saturated rings. The molecule has 3 rings (SSSR count). The smallest absolute Gasteiger partial charge is 0.127 e. The van der Waals surface area contributed by atoms with Crippen molar-refractivity contribution in [2.45, 2.75) is 24.9 Å². The second-order valence-corrected chi connectivity index (χ2v) is 5.26. The third kappa shape index (κ3) is 2.13. The lowest BCUT2D eigenvalue weighted by atomic mass is 10.00. The van der Waals surface area contributed by atoms with Crippen molar-refractivity contribution in [3.8, 4) is 6.07 Å². The molecule has 0 saturated carbocycles. The van der Waals surface area contributed by atoms with Gasteiger partial charge in [0.1, 0.15) is 11.9 Å². The monoisotopic (exact) mass is 258 g/mol. The van der Waals surface area contributed by atoms with Crippen molar-refractivity contribution >= 4 is 11.5 Å². The zero-order chi connectivity index (χ0) is 13.3. The van der Waals surface area contributed by atoms with Crippen LogP contribution in [0.3, 0.4) is 0 Å². The summed E-state index contributed by atoms with van der Waals surface area (Å²) in [6, 6.07) is 4.18. The van der Waals surface area contributed by atoms with Gasteiger partial charge in [-0.3, -0.25) is 0 Å². The number of nitrogens with one attached hydrogen (secondary N) is 1. The number of aromatic nitrogens is 1. The topological polar surface area (TPSA) is 61.2 Å². The third-order valence-electron chi connectivity index (χ3n) is 4.10. The van der Waals surface area contributed by atoms with E-state index in [1.54, 1.807) is 6.20 Å². The first-order valence-electron chi connectivity index (χ1n) is 6.73. The van der Waals surface area contributed by atoms with E-state index in [9.17, 15) is 5.26 Å². The summed E-state index contributed by atoms with van der Waals surface area (Å²) in [6.07, 6.45) is 4.98. The Bertz CT molecular complexity index is 517. The van der Waals surface area contributed by atoms with Crippen LogP contribution in [0.4, 0.5) is 11.5 Å². The Kier molecular flexibility index (Phi) is 3.03. The number of ether oxygens (including phenoxy) is 1. The predicted molar refractivity (Wildman–Crippen MR) is 73.2 cm³/mol. The molecule has 1 aromatic heterocycles. The first-order chi connectivity index (χ1) is 9.26. The van der Waals surface area contributed by atoms with Gasteiger partial charge < -0.3 is 15.0 Å². The summed E-state index contributed by atoms with van der Waals surface area (Å²) in [5.41, 5.74) is 1.62. The summed E-state index contributed by atoms with van der Waals surface area (Å²) in [7, 11) is 1.84. The number of anilines is 2. The van der Waals surface area contributed by atoms with Crippen molar-refractivity contribution in [3.63, 3.8) is 0 Å². The fraction of sp³-hybridized carbons (Fsp3) is 0.571. The number of rotatable bonds is 2. The van der Waals surface area contributed by atoms with Crippen LogP contribution in [0.25, 0.3) is 0 Å². The lowest BCUT2D eigenvalue weighted by molar-refractivity contribution is 0.0231. The van der Waals surface area contributed by atoms with Crippen molar-refractivity contribution in [3.05, 3.63) is 17.8 Å². The molecular formula is C14H18N4O. The highest BCUT2D eigenvalue weighted by molar-refractivity contribution is 5.64. The first kappa shape index (κ1) is 12.2. The minimum absolute atomic E-state index is 0.0236. The molecule has 0 aliphatic carbocycles. The summed E-state index contributed by atoms with van der Waals surface area (Å²) >= 11 is 0. The van der Waals surface area contributed by atoms with Crippen molar-refractivity contribution in [1.29, 1.82) is 5.26 Å². The van der Waals surface area contributed by atoms with Gasteiger partial charge in [-0.15, -0.1) is 0 Å². The molecule has 2 saturated heterocycles. The molecule has 0 aromatic carbocycles. The Morgan fingerprint density at radius 3 is 3.11 bits per heavy atom. The number of pyridine rings is 1. The second kappa shape index (κ2) is 4.71. The number of hydrogen-bond acceptors (Lipinski definition) is 5. The summed E-state index contributed by atoms with van der Waals surface area (Å²) in [5.74, 6) is 0.794. The summed E-state index contributed by atoms with van der Waals surface area (Å²) < 4.78 is 5.93. The Morgan fingerprint density at radius 2 is 2.42 bits per heavy atom. The van der Waals surface area contributed by atoms with E-state index in [0.29, 0.717) is 5.56 Å². The molecule has 1 N–H and O–H groups in total. The number of nitriles is 1. The fourth-order valence-electron chi connectivity index (χ4n) is 3.06. The van der Waals surface area contributed by atoms with E-state index in [1.165, 1.54) is 0 Å². The van der Waals surface area contributed by atoms with Gasteiger partial charge >= 0.3 is 0 Å². The summed E-state index contributed by atoms with van der Waals surface area (Å²) in [6.45, 7) is 2.70. The Balaban J connectivity index is 1.88. The van der Waals surface area contributed by atoms with Crippen LogP contribution in [-0.4, -0.2) is 37.3 Å². The van der Waals surface area contributed by atoms with Crippen LogP contribution < -0.4 is 10.2 Å². The molecule has 100 valence electrons. The van der Waals surface area contributed by atoms with E-state index in [2.05, 4.69) is 21.3 Å². The molecule has 0 radical (unpaired) electrons. The average molecular weight is 258 g/mol. The van der Waals surface area contributed by atoms with E-state index in [-0.39, 0.29) is 5.60 Å². The first-order valence-corrected chi connectivity index (χ1v) is 6.73. The van der Waals surface area contributed by atoms with Gasteiger partial charge in [-0.25, -0.2) is 4.98 Å². The Morgan fingerprint density at radius 1 is 1.53 bits per heavy atom. The molecule has 0 bridgehead atoms. The van der Waals surface area contributed by atoms with E-state index in [0.717, 1.165) is 50.5 Å². The molecular weight excluding hydrogens is 240 g/mol. The van der Waals surface area contributed by atoms with Crippen LogP contribution >= 0.6 is 0 Å². The fourth-order valence-corrected chi connectivity index (χ4v) is 3.06. The molecule has 2 aliphatic heterocycles. The lowest BCUT2D eigenvalue weighted by Gasteiger charge is -2.25. The van der Waals surface area contributed by atoms with Crippen molar-refractivity contribution in [2.24, 2.45) is 0 Å². The molecule has 19 heavy (non-hydrogen) atoms. The molecule has 1 unspecified atom stereocenters. The minimum Gasteiger partial charge on any atom is -0.373 e. The van der Waals surface area contributed by atoms with Crippen LogP contribution in [0.15, 0.2) is 12.3 Å². The van der Waals surface area contributed by atoms with Gasteiger partial charge in [0.2, 0.25) is 0 Å². The maximum atomic E-state index is 9.23. The van der Waals surface area contributed by atoms with Crippen LogP contribution in [-0.2, 0) is 4.74 Å². The summed E-state index contributed by atoms with van der Waals surface area (Å²) in [4.78, 5) is 6.45. The zero-order valence-corrected chi connectivity index (χ0v) is 11.1. The molecule has 0 amide bonds. The molecule has 1 spiro atoms. The van der Waals surface area contributed by atoms with Crippen molar-refractivity contribution in [1.82, 2.24) is 4.98 Å². The maximum Gasteiger partial charge on any atom is 0.127 e. The SMILES string of the molecule is CNc1cc(N2CCC3(CCCO3)C2)c(C#N)cn1. The largest absolute Gasteiger partial charge is 0.373 e. The molecule has 2 aliphatic rings. The predicted octanol–water partition coefficient (Wildman–Crippen LogP) is 1.75. The number of nitrogens with zero attached hydrogens (tertiary/aromatic N) is 3. The minimum atomic E-state index is 0.0236. The molecule has 5 heteroatoms. The van der Waals surface area contributed by atoms with E-state index in [4.69, 9.17) is 4.74 Å². The van der Waals surface area contributed by atoms with Gasteiger partial charge in [-0.1, -0.05) is 0 Å². The standard InChI is InChI=1S/C14H18N4O/c1-16-13-7-12(11(8-15)9-17-13)18-5-4-14(10-18)3-2-6-19-14/h7,9H,2-6,10H2,1H3,(H,16,17). The molecule has 1 aromatic rings. The Hall–Kier alpha value is -1.80. The van der Waals surface area contributed by atoms with Gasteiger partial charge in [0, 0.05) is 39.0 Å². The van der Waals surface area contributed by atoms with Crippen LogP contribution in [0, 0.1) is 11.3 Å². The van der Waals surface area contributed by atoms with E-state index >= 15 is 0 Å². The van der Waals surface area contributed by atoms with E-state index in [1.807, 2.05) is 13.1 Å². The van der Waals surface area contributed by atoms with Crippen LogP contribution in [0.5, 0.6) is 0 Å².